The van der Waals surface area contributed by atoms with Crippen LogP contribution in [0.5, 0.6) is 0 Å². The SMILES string of the molecule is COCc1cc(C(=O)NCC2(CCl)CC2)no1. The molecule has 5 nitrogen and oxygen atoms in total. The number of alkyl halides is 1. The van der Waals surface area contributed by atoms with E-state index >= 15 is 0 Å². The summed E-state index contributed by atoms with van der Waals surface area (Å²) in [5.41, 5.74) is 0.387. The van der Waals surface area contributed by atoms with Crippen LogP contribution < -0.4 is 5.32 Å². The molecule has 0 unspecified atom stereocenters. The summed E-state index contributed by atoms with van der Waals surface area (Å²) in [6.07, 6.45) is 2.15. The molecule has 0 aromatic carbocycles. The molecule has 1 aliphatic rings. The van der Waals surface area contributed by atoms with Gasteiger partial charge in [0, 0.05) is 31.0 Å². The van der Waals surface area contributed by atoms with Crippen LogP contribution in [0.1, 0.15) is 29.1 Å². The third kappa shape index (κ3) is 2.98. The van der Waals surface area contributed by atoms with Crippen molar-refractivity contribution in [2.75, 3.05) is 19.5 Å². The average Bonchev–Trinajstić information content (AvgIpc) is 2.98. The summed E-state index contributed by atoms with van der Waals surface area (Å²) < 4.78 is 9.82. The van der Waals surface area contributed by atoms with Gasteiger partial charge in [-0.1, -0.05) is 5.16 Å². The molecular weight excluding hydrogens is 244 g/mol. The maximum absolute atomic E-state index is 11.7. The Kier molecular flexibility index (Phi) is 3.69. The van der Waals surface area contributed by atoms with Crippen molar-refractivity contribution < 1.29 is 14.1 Å². The number of carbonyl (C=O) groups is 1. The lowest BCUT2D eigenvalue weighted by molar-refractivity contribution is 0.0936. The van der Waals surface area contributed by atoms with Gasteiger partial charge in [-0.05, 0) is 12.8 Å². The van der Waals surface area contributed by atoms with Crippen molar-refractivity contribution in [2.24, 2.45) is 5.41 Å². The smallest absolute Gasteiger partial charge is 0.273 e. The van der Waals surface area contributed by atoms with Crippen LogP contribution in [0.25, 0.3) is 0 Å². The minimum atomic E-state index is -0.229. The maximum Gasteiger partial charge on any atom is 0.273 e. The Hall–Kier alpha value is -1.07. The Labute approximate surface area is 104 Å². The second kappa shape index (κ2) is 5.06. The quantitative estimate of drug-likeness (QED) is 0.787. The molecule has 0 aliphatic heterocycles. The number of methoxy groups -OCH3 is 1. The van der Waals surface area contributed by atoms with Gasteiger partial charge in [-0.2, -0.15) is 0 Å². The van der Waals surface area contributed by atoms with Gasteiger partial charge in [0.1, 0.15) is 6.61 Å². The molecule has 2 rings (SSSR count). The lowest BCUT2D eigenvalue weighted by atomic mass is 10.1. The van der Waals surface area contributed by atoms with Crippen molar-refractivity contribution in [3.63, 3.8) is 0 Å². The number of hydrogen-bond acceptors (Lipinski definition) is 4. The zero-order chi connectivity index (χ0) is 12.3. The molecule has 1 fully saturated rings. The average molecular weight is 259 g/mol. The van der Waals surface area contributed by atoms with Crippen molar-refractivity contribution >= 4 is 17.5 Å². The number of nitrogens with one attached hydrogen (secondary N) is 1. The number of halogens is 1. The highest BCUT2D eigenvalue weighted by molar-refractivity contribution is 6.18. The van der Waals surface area contributed by atoms with Gasteiger partial charge in [0.2, 0.25) is 0 Å². The number of ether oxygens (including phenoxy) is 1. The monoisotopic (exact) mass is 258 g/mol. The third-order valence-corrected chi connectivity index (χ3v) is 3.51. The normalized spacial score (nSPS) is 16.8. The van der Waals surface area contributed by atoms with Crippen LogP contribution in [0, 0.1) is 5.41 Å². The van der Waals surface area contributed by atoms with Crippen molar-refractivity contribution in [2.45, 2.75) is 19.4 Å². The molecule has 1 amide bonds. The molecular formula is C11H15ClN2O3. The molecule has 0 radical (unpaired) electrons. The van der Waals surface area contributed by atoms with E-state index in [2.05, 4.69) is 10.5 Å². The largest absolute Gasteiger partial charge is 0.377 e. The fourth-order valence-electron chi connectivity index (χ4n) is 1.52. The first-order chi connectivity index (χ1) is 8.19. The van der Waals surface area contributed by atoms with E-state index in [1.165, 1.54) is 0 Å². The number of hydrogen-bond donors (Lipinski definition) is 1. The van der Waals surface area contributed by atoms with E-state index in [-0.39, 0.29) is 17.0 Å². The predicted molar refractivity (Wildman–Crippen MR) is 61.9 cm³/mol. The Morgan fingerprint density at radius 3 is 3.06 bits per heavy atom. The number of carbonyl (C=O) groups excluding carboxylic acids is 1. The maximum atomic E-state index is 11.7. The summed E-state index contributed by atoms with van der Waals surface area (Å²) in [5, 5.41) is 6.50. The van der Waals surface area contributed by atoms with E-state index in [1.54, 1.807) is 13.2 Å². The topological polar surface area (TPSA) is 64.4 Å². The predicted octanol–water partition coefficient (Wildman–Crippen LogP) is 1.57. The minimum Gasteiger partial charge on any atom is -0.377 e. The fraction of sp³-hybridized carbons (Fsp3) is 0.636. The lowest BCUT2D eigenvalue weighted by Crippen LogP contribution is -2.31. The standard InChI is InChI=1S/C11H15ClN2O3/c1-16-5-8-4-9(14-17-8)10(15)13-7-11(6-12)2-3-11/h4H,2-3,5-7H2,1H3,(H,13,15). The van der Waals surface area contributed by atoms with E-state index in [0.29, 0.717) is 24.8 Å². The molecule has 0 saturated heterocycles. The van der Waals surface area contributed by atoms with Gasteiger partial charge >= 0.3 is 0 Å². The number of amides is 1. The molecule has 0 bridgehead atoms. The van der Waals surface area contributed by atoms with E-state index in [1.807, 2.05) is 0 Å². The molecule has 1 heterocycles. The molecule has 1 aliphatic carbocycles. The first-order valence-electron chi connectivity index (χ1n) is 5.48. The molecule has 1 N–H and O–H groups in total. The van der Waals surface area contributed by atoms with Gasteiger partial charge in [-0.3, -0.25) is 4.79 Å². The van der Waals surface area contributed by atoms with E-state index < -0.39 is 0 Å². The first kappa shape index (κ1) is 12.4. The summed E-state index contributed by atoms with van der Waals surface area (Å²) in [4.78, 5) is 11.7. The van der Waals surface area contributed by atoms with Gasteiger partial charge in [0.05, 0.1) is 0 Å². The van der Waals surface area contributed by atoms with Crippen LogP contribution in [-0.4, -0.2) is 30.6 Å². The molecule has 6 heteroatoms. The highest BCUT2D eigenvalue weighted by Crippen LogP contribution is 2.45. The van der Waals surface area contributed by atoms with Gasteiger partial charge in [-0.25, -0.2) is 0 Å². The summed E-state index contributed by atoms with van der Waals surface area (Å²) in [5.74, 6) is 0.893. The van der Waals surface area contributed by atoms with Crippen LogP contribution in [0.3, 0.4) is 0 Å². The minimum absolute atomic E-state index is 0.107. The molecule has 0 atom stereocenters. The van der Waals surface area contributed by atoms with E-state index in [0.717, 1.165) is 12.8 Å². The van der Waals surface area contributed by atoms with Gasteiger partial charge in [0.25, 0.3) is 5.91 Å². The molecule has 17 heavy (non-hydrogen) atoms. The molecule has 1 aromatic rings. The molecule has 1 aromatic heterocycles. The van der Waals surface area contributed by atoms with Crippen LogP contribution in [0.4, 0.5) is 0 Å². The van der Waals surface area contributed by atoms with Crippen molar-refractivity contribution in [3.05, 3.63) is 17.5 Å². The van der Waals surface area contributed by atoms with Crippen LogP contribution in [0.15, 0.2) is 10.6 Å². The Balaban J connectivity index is 1.86. The molecule has 94 valence electrons. The van der Waals surface area contributed by atoms with Gasteiger partial charge < -0.3 is 14.6 Å². The highest BCUT2D eigenvalue weighted by atomic mass is 35.5. The Morgan fingerprint density at radius 2 is 2.47 bits per heavy atom. The number of nitrogens with zero attached hydrogens (tertiary/aromatic N) is 1. The van der Waals surface area contributed by atoms with Gasteiger partial charge in [0.15, 0.2) is 11.5 Å². The third-order valence-electron chi connectivity index (χ3n) is 2.94. The second-order valence-electron chi connectivity index (χ2n) is 4.43. The van der Waals surface area contributed by atoms with E-state index in [4.69, 9.17) is 20.9 Å². The summed E-state index contributed by atoms with van der Waals surface area (Å²) in [6.45, 7) is 0.910. The fourth-order valence-corrected chi connectivity index (χ4v) is 1.88. The van der Waals surface area contributed by atoms with Gasteiger partial charge in [-0.15, -0.1) is 11.6 Å². The Bertz CT molecular complexity index is 401. The first-order valence-corrected chi connectivity index (χ1v) is 6.01. The molecule has 0 spiro atoms. The number of aromatic nitrogens is 1. The van der Waals surface area contributed by atoms with Crippen molar-refractivity contribution in [3.8, 4) is 0 Å². The lowest BCUT2D eigenvalue weighted by Gasteiger charge is -2.10. The Morgan fingerprint density at radius 1 is 1.71 bits per heavy atom. The summed E-state index contributed by atoms with van der Waals surface area (Å²) >= 11 is 5.83. The highest BCUT2D eigenvalue weighted by Gasteiger charge is 2.41. The zero-order valence-corrected chi connectivity index (χ0v) is 10.4. The summed E-state index contributed by atoms with van der Waals surface area (Å²) in [6, 6.07) is 1.58. The molecule has 1 saturated carbocycles. The second-order valence-corrected chi connectivity index (χ2v) is 4.70. The number of rotatable bonds is 6. The summed E-state index contributed by atoms with van der Waals surface area (Å²) in [7, 11) is 1.56. The van der Waals surface area contributed by atoms with Crippen molar-refractivity contribution in [1.82, 2.24) is 10.5 Å². The van der Waals surface area contributed by atoms with Crippen LogP contribution in [-0.2, 0) is 11.3 Å². The van der Waals surface area contributed by atoms with Crippen LogP contribution in [0.2, 0.25) is 0 Å². The van der Waals surface area contributed by atoms with Crippen molar-refractivity contribution in [1.29, 1.82) is 0 Å². The zero-order valence-electron chi connectivity index (χ0n) is 9.66. The van der Waals surface area contributed by atoms with E-state index in [9.17, 15) is 4.79 Å². The van der Waals surface area contributed by atoms with Crippen LogP contribution >= 0.6 is 11.6 Å².